The molecule has 2 rings (SSSR count). The molecule has 0 saturated carbocycles. The van der Waals surface area contributed by atoms with Crippen molar-refractivity contribution in [3.63, 3.8) is 0 Å². The van der Waals surface area contributed by atoms with E-state index in [1.54, 1.807) is 26.0 Å². The highest BCUT2D eigenvalue weighted by molar-refractivity contribution is 6.06. The Morgan fingerprint density at radius 3 is 2.52 bits per heavy atom. The molecule has 2 N–H and O–H groups in total. The number of urea groups is 1. The fourth-order valence-electron chi connectivity index (χ4n) is 2.25. The van der Waals surface area contributed by atoms with Gasteiger partial charge in [0.25, 0.3) is 5.91 Å². The maximum Gasteiger partial charge on any atom is 0.325 e. The van der Waals surface area contributed by atoms with Gasteiger partial charge in [0, 0.05) is 0 Å². The van der Waals surface area contributed by atoms with Gasteiger partial charge in [-0.15, -0.1) is 0 Å². The Balaban J connectivity index is 1.79. The molecule has 1 fully saturated rings. The summed E-state index contributed by atoms with van der Waals surface area (Å²) in [5.74, 6) is -0.898. The van der Waals surface area contributed by atoms with Crippen LogP contribution in [0.5, 0.6) is 0 Å². The molecular formula is C16H20N2O5. The molecule has 0 spiro atoms. The summed E-state index contributed by atoms with van der Waals surface area (Å²) < 4.78 is 4.98. The molecule has 7 nitrogen and oxygen atoms in total. The van der Waals surface area contributed by atoms with Gasteiger partial charge in [0.15, 0.2) is 0 Å². The van der Waals surface area contributed by atoms with Crippen LogP contribution in [0.25, 0.3) is 0 Å². The third kappa shape index (κ3) is 4.29. The van der Waals surface area contributed by atoms with Gasteiger partial charge in [-0.05, 0) is 19.4 Å². The number of aliphatic hydroxyl groups excluding tert-OH is 1. The van der Waals surface area contributed by atoms with Crippen molar-refractivity contribution >= 4 is 17.9 Å². The largest absolute Gasteiger partial charge is 0.463 e. The second-order valence-electron chi connectivity index (χ2n) is 5.97. The van der Waals surface area contributed by atoms with Crippen LogP contribution < -0.4 is 5.32 Å². The van der Waals surface area contributed by atoms with Crippen molar-refractivity contribution < 1.29 is 24.2 Å². The summed E-state index contributed by atoms with van der Waals surface area (Å²) in [6.07, 6.45) is -1.03. The number of ether oxygens (including phenoxy) is 1. The van der Waals surface area contributed by atoms with Crippen LogP contribution in [0, 0.1) is 0 Å². The number of β-amino-alcohol motifs (C(OH)–C–C–N with tert-alkyl or cyclic N) is 1. The molecule has 1 aliphatic heterocycles. The van der Waals surface area contributed by atoms with Crippen LogP contribution in [0.4, 0.5) is 4.79 Å². The van der Waals surface area contributed by atoms with Gasteiger partial charge in [-0.2, -0.15) is 0 Å². The van der Waals surface area contributed by atoms with Gasteiger partial charge in [-0.3, -0.25) is 14.5 Å². The number of carbonyl (C=O) groups is 3. The van der Waals surface area contributed by atoms with Crippen molar-refractivity contribution in [2.45, 2.75) is 31.9 Å². The molecule has 7 heteroatoms. The van der Waals surface area contributed by atoms with Crippen molar-refractivity contribution in [3.05, 3.63) is 35.9 Å². The van der Waals surface area contributed by atoms with Crippen LogP contribution in [-0.2, 0) is 20.7 Å². The smallest absolute Gasteiger partial charge is 0.325 e. The van der Waals surface area contributed by atoms with Crippen molar-refractivity contribution in [2.24, 2.45) is 0 Å². The number of hydrogen-bond acceptors (Lipinski definition) is 5. The Kier molecular flexibility index (Phi) is 5.00. The van der Waals surface area contributed by atoms with Crippen LogP contribution in [-0.4, -0.2) is 52.7 Å². The normalized spacial score (nSPS) is 17.8. The zero-order valence-electron chi connectivity index (χ0n) is 13.1. The summed E-state index contributed by atoms with van der Waals surface area (Å²) in [4.78, 5) is 36.3. The number of amides is 3. The number of esters is 1. The summed E-state index contributed by atoms with van der Waals surface area (Å²) in [6, 6.07) is 8.51. The maximum absolute atomic E-state index is 12.0. The first-order valence-corrected chi connectivity index (χ1v) is 7.31. The number of rotatable bonds is 6. The third-order valence-electron chi connectivity index (χ3n) is 3.47. The lowest BCUT2D eigenvalue weighted by Crippen LogP contribution is -2.42. The molecule has 0 aliphatic carbocycles. The van der Waals surface area contributed by atoms with E-state index >= 15 is 0 Å². The molecule has 0 aromatic heterocycles. The highest BCUT2D eigenvalue weighted by Gasteiger charge is 2.44. The average molecular weight is 320 g/mol. The summed E-state index contributed by atoms with van der Waals surface area (Å²) in [5, 5.41) is 12.4. The van der Waals surface area contributed by atoms with Gasteiger partial charge < -0.3 is 15.2 Å². The highest BCUT2D eigenvalue weighted by Crippen LogP contribution is 2.16. The first kappa shape index (κ1) is 17.0. The lowest BCUT2D eigenvalue weighted by molar-refractivity contribution is -0.146. The molecule has 1 aromatic carbocycles. The zero-order valence-corrected chi connectivity index (χ0v) is 13.1. The number of carbonyl (C=O) groups excluding carboxylic acids is 3. The zero-order chi connectivity index (χ0) is 17.0. The quantitative estimate of drug-likeness (QED) is 0.586. The summed E-state index contributed by atoms with van der Waals surface area (Å²) in [5.41, 5.74) is -0.177. The van der Waals surface area contributed by atoms with Crippen LogP contribution in [0.15, 0.2) is 30.3 Å². The standard InChI is InChI=1S/C16H20N2O5/c1-16(2)14(21)18(15(22)17-16)9-12(19)10-23-13(20)8-11-6-4-3-5-7-11/h3-7,12,19H,8-10H2,1-2H3,(H,17,22). The minimum absolute atomic E-state index is 0.101. The molecule has 0 bridgehead atoms. The van der Waals surface area contributed by atoms with E-state index < -0.39 is 29.6 Å². The SMILES string of the molecule is CC1(C)NC(=O)N(CC(O)COC(=O)Cc2ccccc2)C1=O. The second-order valence-corrected chi connectivity index (χ2v) is 5.97. The van der Waals surface area contributed by atoms with E-state index in [1.807, 2.05) is 18.2 Å². The number of nitrogens with zero attached hydrogens (tertiary/aromatic N) is 1. The van der Waals surface area contributed by atoms with E-state index in [1.165, 1.54) is 0 Å². The fourth-order valence-corrected chi connectivity index (χ4v) is 2.25. The Morgan fingerprint density at radius 1 is 1.30 bits per heavy atom. The van der Waals surface area contributed by atoms with Crippen LogP contribution in [0.1, 0.15) is 19.4 Å². The van der Waals surface area contributed by atoms with Crippen LogP contribution >= 0.6 is 0 Å². The Labute approximate surface area is 134 Å². The molecule has 1 aliphatic rings. The van der Waals surface area contributed by atoms with Crippen molar-refractivity contribution in [1.82, 2.24) is 10.2 Å². The first-order valence-electron chi connectivity index (χ1n) is 7.31. The minimum atomic E-state index is -1.13. The monoisotopic (exact) mass is 320 g/mol. The van der Waals surface area contributed by atoms with E-state index in [2.05, 4.69) is 5.32 Å². The number of aliphatic hydroxyl groups is 1. The molecule has 1 aromatic rings. The predicted molar refractivity (Wildman–Crippen MR) is 81.4 cm³/mol. The molecule has 124 valence electrons. The van der Waals surface area contributed by atoms with Gasteiger partial charge in [-0.25, -0.2) is 4.79 Å². The molecule has 1 heterocycles. The third-order valence-corrected chi connectivity index (χ3v) is 3.47. The number of imide groups is 1. The fraction of sp³-hybridized carbons (Fsp3) is 0.438. The summed E-state index contributed by atoms with van der Waals surface area (Å²) >= 11 is 0. The lowest BCUT2D eigenvalue weighted by Gasteiger charge is -2.19. The van der Waals surface area contributed by atoms with Gasteiger partial charge in [0.1, 0.15) is 18.2 Å². The lowest BCUT2D eigenvalue weighted by atomic mass is 10.1. The van der Waals surface area contributed by atoms with Gasteiger partial charge in [-0.1, -0.05) is 30.3 Å². The molecule has 23 heavy (non-hydrogen) atoms. The Bertz CT molecular complexity index is 600. The van der Waals surface area contributed by atoms with Crippen molar-refractivity contribution in [1.29, 1.82) is 0 Å². The predicted octanol–water partition coefficient (Wildman–Crippen LogP) is 0.464. The van der Waals surface area contributed by atoms with E-state index in [4.69, 9.17) is 4.74 Å². The highest BCUT2D eigenvalue weighted by atomic mass is 16.5. The number of hydrogen-bond donors (Lipinski definition) is 2. The van der Waals surface area contributed by atoms with Crippen LogP contribution in [0.3, 0.4) is 0 Å². The Morgan fingerprint density at radius 2 is 1.96 bits per heavy atom. The topological polar surface area (TPSA) is 95.9 Å². The summed E-state index contributed by atoms with van der Waals surface area (Å²) in [6.45, 7) is 2.68. The molecule has 0 radical (unpaired) electrons. The molecule has 1 atom stereocenters. The maximum atomic E-state index is 12.0. The van der Waals surface area contributed by atoms with Crippen molar-refractivity contribution in [3.8, 4) is 0 Å². The summed E-state index contributed by atoms with van der Waals surface area (Å²) in [7, 11) is 0. The van der Waals surface area contributed by atoms with E-state index in [0.717, 1.165) is 10.5 Å². The minimum Gasteiger partial charge on any atom is -0.463 e. The van der Waals surface area contributed by atoms with E-state index in [0.29, 0.717) is 0 Å². The van der Waals surface area contributed by atoms with Gasteiger partial charge >= 0.3 is 12.0 Å². The molecule has 1 unspecified atom stereocenters. The van der Waals surface area contributed by atoms with E-state index in [-0.39, 0.29) is 19.6 Å². The number of nitrogens with one attached hydrogen (secondary N) is 1. The van der Waals surface area contributed by atoms with Gasteiger partial charge in [0.2, 0.25) is 0 Å². The Hall–Kier alpha value is -2.41. The van der Waals surface area contributed by atoms with Crippen molar-refractivity contribution in [2.75, 3.05) is 13.2 Å². The van der Waals surface area contributed by atoms with Crippen LogP contribution in [0.2, 0.25) is 0 Å². The second kappa shape index (κ2) is 6.78. The number of benzene rings is 1. The van der Waals surface area contributed by atoms with E-state index in [9.17, 15) is 19.5 Å². The molecule has 3 amide bonds. The average Bonchev–Trinajstić information content (AvgIpc) is 2.68. The molecule has 1 saturated heterocycles. The first-order chi connectivity index (χ1) is 10.8. The molecular weight excluding hydrogens is 300 g/mol. The van der Waals surface area contributed by atoms with Gasteiger partial charge in [0.05, 0.1) is 13.0 Å².